The summed E-state index contributed by atoms with van der Waals surface area (Å²) < 4.78 is 32.2. The number of ether oxygens (including phenoxy) is 1. The number of likely N-dealkylation sites (N-methyl/N-ethyl adjacent to an activating group) is 1. The van der Waals surface area contributed by atoms with E-state index in [1.54, 1.807) is 18.2 Å². The van der Waals surface area contributed by atoms with Crippen molar-refractivity contribution >= 4 is 15.7 Å². The molecule has 0 saturated heterocycles. The van der Waals surface area contributed by atoms with E-state index in [2.05, 4.69) is 4.72 Å². The normalized spacial score (nSPS) is 14.9. The van der Waals surface area contributed by atoms with Crippen LogP contribution in [0.1, 0.15) is 6.42 Å². The molecule has 1 aromatic carbocycles. The average Bonchev–Trinajstić information content (AvgIpc) is 2.39. The van der Waals surface area contributed by atoms with Gasteiger partial charge in [0.15, 0.2) is 0 Å². The third-order valence-corrected chi connectivity index (χ3v) is 4.47. The van der Waals surface area contributed by atoms with Crippen molar-refractivity contribution in [3.63, 3.8) is 0 Å². The first-order valence-corrected chi connectivity index (χ1v) is 7.70. The van der Waals surface area contributed by atoms with Crippen LogP contribution in [0.25, 0.3) is 0 Å². The van der Waals surface area contributed by atoms with E-state index in [4.69, 9.17) is 10.5 Å². The molecular formula is C12H19N3O3S. The molecule has 2 rings (SSSR count). The number of benzene rings is 1. The van der Waals surface area contributed by atoms with E-state index in [1.165, 1.54) is 0 Å². The monoisotopic (exact) mass is 285 g/mol. The fourth-order valence-corrected chi connectivity index (χ4v) is 2.98. The number of nitrogens with one attached hydrogen (secondary N) is 1. The second kappa shape index (κ2) is 5.77. The number of nitrogens with two attached hydrogens (primary N) is 1. The fraction of sp³-hybridized carbons (Fsp3) is 0.500. The van der Waals surface area contributed by atoms with Crippen LogP contribution in [0.5, 0.6) is 5.75 Å². The van der Waals surface area contributed by atoms with Crippen LogP contribution in [-0.2, 0) is 10.0 Å². The summed E-state index contributed by atoms with van der Waals surface area (Å²) in [5.41, 5.74) is 6.15. The van der Waals surface area contributed by atoms with Gasteiger partial charge in [0.25, 0.3) is 0 Å². The van der Waals surface area contributed by atoms with Crippen LogP contribution in [0.3, 0.4) is 0 Å². The van der Waals surface area contributed by atoms with Gasteiger partial charge in [-0.15, -0.1) is 0 Å². The molecule has 0 bridgehead atoms. The first kappa shape index (κ1) is 14.1. The number of hydrogen-bond acceptors (Lipinski definition) is 5. The van der Waals surface area contributed by atoms with E-state index >= 15 is 0 Å². The summed E-state index contributed by atoms with van der Waals surface area (Å²) in [6.45, 7) is 2.17. The average molecular weight is 285 g/mol. The second-order valence-electron chi connectivity index (χ2n) is 4.44. The van der Waals surface area contributed by atoms with Crippen molar-refractivity contribution in [1.82, 2.24) is 4.72 Å². The summed E-state index contributed by atoms with van der Waals surface area (Å²) in [7, 11) is -1.56. The lowest BCUT2D eigenvalue weighted by Crippen LogP contribution is -2.30. The Morgan fingerprint density at radius 3 is 3.00 bits per heavy atom. The maximum Gasteiger partial charge on any atom is 0.240 e. The Morgan fingerprint density at radius 2 is 2.26 bits per heavy atom. The largest absolute Gasteiger partial charge is 0.490 e. The number of nitrogens with zero attached hydrogens (tertiary/aromatic N) is 1. The second-order valence-corrected chi connectivity index (χ2v) is 6.21. The Balaban J connectivity index is 2.23. The molecule has 0 spiro atoms. The lowest BCUT2D eigenvalue weighted by Gasteiger charge is -2.28. The highest BCUT2D eigenvalue weighted by molar-refractivity contribution is 7.89. The zero-order chi connectivity index (χ0) is 13.9. The molecule has 1 aliphatic heterocycles. The third-order valence-electron chi connectivity index (χ3n) is 3.01. The van der Waals surface area contributed by atoms with Crippen molar-refractivity contribution in [2.75, 3.05) is 38.2 Å². The lowest BCUT2D eigenvalue weighted by molar-refractivity contribution is 0.311. The third kappa shape index (κ3) is 3.17. The molecule has 6 nitrogen and oxygen atoms in total. The van der Waals surface area contributed by atoms with Crippen molar-refractivity contribution < 1.29 is 13.2 Å². The van der Waals surface area contributed by atoms with Gasteiger partial charge in [-0.1, -0.05) is 0 Å². The minimum Gasteiger partial charge on any atom is -0.490 e. The van der Waals surface area contributed by atoms with Crippen molar-refractivity contribution in [1.29, 1.82) is 0 Å². The molecule has 0 radical (unpaired) electrons. The maximum absolute atomic E-state index is 12.1. The standard InChI is InChI=1S/C12H19N3O3S/c1-15-7-8-18-12-4-3-10(9-11(12)15)19(16,17)14-6-2-5-13/h3-4,9,14H,2,5-8,13H2,1H3. The van der Waals surface area contributed by atoms with Gasteiger partial charge in [0, 0.05) is 13.6 Å². The van der Waals surface area contributed by atoms with E-state index in [9.17, 15) is 8.42 Å². The smallest absolute Gasteiger partial charge is 0.240 e. The van der Waals surface area contributed by atoms with E-state index in [0.717, 1.165) is 18.0 Å². The van der Waals surface area contributed by atoms with Crippen LogP contribution >= 0.6 is 0 Å². The quantitative estimate of drug-likeness (QED) is 0.752. The number of hydrogen-bond donors (Lipinski definition) is 2. The predicted octanol–water partition coefficient (Wildman–Crippen LogP) is 0.142. The van der Waals surface area contributed by atoms with Crippen LogP contribution in [0.2, 0.25) is 0 Å². The van der Waals surface area contributed by atoms with Crippen LogP contribution in [0.4, 0.5) is 5.69 Å². The van der Waals surface area contributed by atoms with Crippen LogP contribution in [-0.4, -0.2) is 41.7 Å². The van der Waals surface area contributed by atoms with Gasteiger partial charge < -0.3 is 15.4 Å². The highest BCUT2D eigenvalue weighted by atomic mass is 32.2. The molecular weight excluding hydrogens is 266 g/mol. The summed E-state index contributed by atoms with van der Waals surface area (Å²) in [6.07, 6.45) is 0.618. The molecule has 0 aromatic heterocycles. The zero-order valence-electron chi connectivity index (χ0n) is 10.9. The molecule has 7 heteroatoms. The van der Waals surface area contributed by atoms with Gasteiger partial charge in [-0.25, -0.2) is 13.1 Å². The number of sulfonamides is 1. The Kier molecular flexibility index (Phi) is 4.28. The maximum atomic E-state index is 12.1. The van der Waals surface area contributed by atoms with Gasteiger partial charge in [-0.3, -0.25) is 0 Å². The van der Waals surface area contributed by atoms with Gasteiger partial charge >= 0.3 is 0 Å². The molecule has 19 heavy (non-hydrogen) atoms. The number of anilines is 1. The van der Waals surface area contributed by atoms with E-state index in [1.807, 2.05) is 11.9 Å². The topological polar surface area (TPSA) is 84.7 Å². The first-order valence-electron chi connectivity index (χ1n) is 6.22. The highest BCUT2D eigenvalue weighted by Gasteiger charge is 2.20. The molecule has 1 heterocycles. The van der Waals surface area contributed by atoms with Crippen LogP contribution in [0, 0.1) is 0 Å². The molecule has 1 aromatic rings. The number of rotatable bonds is 5. The molecule has 0 fully saturated rings. The zero-order valence-corrected chi connectivity index (χ0v) is 11.7. The van der Waals surface area contributed by atoms with Crippen molar-refractivity contribution in [2.45, 2.75) is 11.3 Å². The Hall–Kier alpha value is -1.31. The van der Waals surface area contributed by atoms with Crippen molar-refractivity contribution in [3.05, 3.63) is 18.2 Å². The van der Waals surface area contributed by atoms with E-state index in [-0.39, 0.29) is 4.90 Å². The molecule has 106 valence electrons. The minimum absolute atomic E-state index is 0.251. The summed E-state index contributed by atoms with van der Waals surface area (Å²) >= 11 is 0. The van der Waals surface area contributed by atoms with E-state index < -0.39 is 10.0 Å². The van der Waals surface area contributed by atoms with Gasteiger partial charge in [0.1, 0.15) is 12.4 Å². The fourth-order valence-electron chi connectivity index (χ4n) is 1.89. The first-order chi connectivity index (χ1) is 9.04. The van der Waals surface area contributed by atoms with Gasteiger partial charge in [0.2, 0.25) is 10.0 Å². The Bertz CT molecular complexity index is 545. The van der Waals surface area contributed by atoms with Crippen molar-refractivity contribution in [2.24, 2.45) is 5.73 Å². The van der Waals surface area contributed by atoms with Crippen LogP contribution < -0.4 is 20.1 Å². The summed E-state index contributed by atoms with van der Waals surface area (Å²) in [5, 5.41) is 0. The summed E-state index contributed by atoms with van der Waals surface area (Å²) in [5.74, 6) is 0.717. The molecule has 1 aliphatic rings. The summed E-state index contributed by atoms with van der Waals surface area (Å²) in [4.78, 5) is 2.23. The van der Waals surface area contributed by atoms with Gasteiger partial charge in [-0.05, 0) is 31.2 Å². The molecule has 0 atom stereocenters. The molecule has 0 aliphatic carbocycles. The Labute approximate surface area is 113 Å². The highest BCUT2D eigenvalue weighted by Crippen LogP contribution is 2.32. The SMILES string of the molecule is CN1CCOc2ccc(S(=O)(=O)NCCCN)cc21. The molecule has 0 unspecified atom stereocenters. The molecule has 0 amide bonds. The predicted molar refractivity (Wildman–Crippen MR) is 74.1 cm³/mol. The number of fused-ring (bicyclic) bond motifs is 1. The lowest BCUT2D eigenvalue weighted by atomic mass is 10.2. The van der Waals surface area contributed by atoms with E-state index in [0.29, 0.717) is 26.1 Å². The molecule has 3 N–H and O–H groups in total. The van der Waals surface area contributed by atoms with Crippen LogP contribution in [0.15, 0.2) is 23.1 Å². The van der Waals surface area contributed by atoms with Gasteiger partial charge in [0.05, 0.1) is 17.1 Å². The molecule has 0 saturated carbocycles. The minimum atomic E-state index is -3.48. The summed E-state index contributed by atoms with van der Waals surface area (Å²) in [6, 6.07) is 4.89. The van der Waals surface area contributed by atoms with Crippen molar-refractivity contribution in [3.8, 4) is 5.75 Å². The Morgan fingerprint density at radius 1 is 1.47 bits per heavy atom. The van der Waals surface area contributed by atoms with Gasteiger partial charge in [-0.2, -0.15) is 0 Å².